The summed E-state index contributed by atoms with van der Waals surface area (Å²) in [5.41, 5.74) is 1.98. The Hall–Kier alpha value is -3.82. The van der Waals surface area contributed by atoms with Gasteiger partial charge in [0.1, 0.15) is 23.2 Å². The number of halogens is 1. The van der Waals surface area contributed by atoms with Crippen molar-refractivity contribution in [3.8, 4) is 11.5 Å². The van der Waals surface area contributed by atoms with Gasteiger partial charge >= 0.3 is 6.09 Å². The maximum Gasteiger partial charge on any atom is 0.410 e. The smallest absolute Gasteiger partial charge is 0.410 e. The number of aryl methyl sites for hydroxylation is 1. The zero-order valence-corrected chi connectivity index (χ0v) is 19.9. The minimum Gasteiger partial charge on any atom is -0.447 e. The molecule has 2 amide bonds. The number of carbonyl (C=O) groups excluding carboxylic acids is 2. The van der Waals surface area contributed by atoms with E-state index in [1.54, 1.807) is 30.9 Å². The largest absolute Gasteiger partial charge is 0.447 e. The van der Waals surface area contributed by atoms with Crippen LogP contribution < -0.4 is 5.32 Å². The van der Waals surface area contributed by atoms with Gasteiger partial charge < -0.3 is 19.5 Å². The molecule has 2 aliphatic rings. The average Bonchev–Trinajstić information content (AvgIpc) is 3.41. The minimum absolute atomic E-state index is 0.105. The molecule has 0 fully saturated rings. The molecule has 0 bridgehead atoms. The zero-order chi connectivity index (χ0) is 24.7. The Bertz CT molecular complexity index is 1300. The first-order chi connectivity index (χ1) is 16.8. The van der Waals surface area contributed by atoms with E-state index in [9.17, 15) is 14.0 Å². The topological polar surface area (TPSA) is 102 Å². The maximum atomic E-state index is 14.8. The van der Waals surface area contributed by atoms with Crippen molar-refractivity contribution in [1.82, 2.24) is 24.6 Å². The number of hydrogen-bond acceptors (Lipinski definition) is 6. The van der Waals surface area contributed by atoms with Crippen LogP contribution in [0.5, 0.6) is 0 Å². The van der Waals surface area contributed by atoms with E-state index in [2.05, 4.69) is 32.0 Å². The monoisotopic (exact) mass is 478 g/mol. The van der Waals surface area contributed by atoms with Crippen molar-refractivity contribution in [2.45, 2.75) is 58.7 Å². The van der Waals surface area contributed by atoms with E-state index in [1.807, 2.05) is 6.07 Å². The Morgan fingerprint density at radius 3 is 2.80 bits per heavy atom. The van der Waals surface area contributed by atoms with Crippen LogP contribution in [0.15, 0.2) is 30.3 Å². The summed E-state index contributed by atoms with van der Waals surface area (Å²) in [6, 6.07) is 8.37. The van der Waals surface area contributed by atoms with Gasteiger partial charge in [-0.25, -0.2) is 14.2 Å². The van der Waals surface area contributed by atoms with Crippen molar-refractivity contribution >= 4 is 17.8 Å². The lowest BCUT2D eigenvalue weighted by Gasteiger charge is -2.29. The first-order valence-electron chi connectivity index (χ1n) is 11.8. The molecular formula is C25H27FN6O3. The Kier molecular flexibility index (Phi) is 5.96. The summed E-state index contributed by atoms with van der Waals surface area (Å²) in [5, 5.41) is 11.2. The van der Waals surface area contributed by atoms with Gasteiger partial charge in [0, 0.05) is 25.6 Å². The van der Waals surface area contributed by atoms with E-state index in [0.29, 0.717) is 24.5 Å². The van der Waals surface area contributed by atoms with Crippen molar-refractivity contribution in [3.63, 3.8) is 0 Å². The highest BCUT2D eigenvalue weighted by molar-refractivity contribution is 6.04. The summed E-state index contributed by atoms with van der Waals surface area (Å²) >= 11 is 0. The number of fused-ring (bicyclic) bond motifs is 2. The fourth-order valence-electron chi connectivity index (χ4n) is 4.60. The molecule has 3 aromatic rings. The van der Waals surface area contributed by atoms with Crippen molar-refractivity contribution in [2.75, 3.05) is 11.9 Å². The van der Waals surface area contributed by atoms with Crippen LogP contribution in [0.3, 0.4) is 0 Å². The van der Waals surface area contributed by atoms with E-state index >= 15 is 0 Å². The molecule has 0 saturated heterocycles. The van der Waals surface area contributed by atoms with Gasteiger partial charge in [0.2, 0.25) is 0 Å². The molecule has 9 nitrogen and oxygen atoms in total. The number of rotatable bonds is 4. The predicted octanol–water partition coefficient (Wildman–Crippen LogP) is 4.14. The predicted molar refractivity (Wildman–Crippen MR) is 126 cm³/mol. The van der Waals surface area contributed by atoms with Crippen molar-refractivity contribution in [2.24, 2.45) is 0 Å². The Balaban J connectivity index is 1.36. The van der Waals surface area contributed by atoms with Gasteiger partial charge in [-0.2, -0.15) is 0 Å². The van der Waals surface area contributed by atoms with Gasteiger partial charge in [0.15, 0.2) is 5.82 Å². The molecule has 2 aromatic heterocycles. The summed E-state index contributed by atoms with van der Waals surface area (Å²) in [4.78, 5) is 31.4. The molecule has 0 saturated carbocycles. The Labute approximate surface area is 202 Å². The molecule has 2 aliphatic heterocycles. The van der Waals surface area contributed by atoms with E-state index in [0.717, 1.165) is 29.8 Å². The second-order valence-electron chi connectivity index (χ2n) is 9.26. The summed E-state index contributed by atoms with van der Waals surface area (Å²) in [5.74, 6) is 0.631. The highest BCUT2D eigenvalue weighted by atomic mass is 19.1. The lowest BCUT2D eigenvalue weighted by atomic mass is 9.97. The van der Waals surface area contributed by atoms with Crippen LogP contribution >= 0.6 is 0 Å². The number of nitrogens with one attached hydrogen (secondary N) is 1. The summed E-state index contributed by atoms with van der Waals surface area (Å²) < 4.78 is 22.2. The highest BCUT2D eigenvalue weighted by Crippen LogP contribution is 2.30. The molecule has 0 spiro atoms. The molecule has 1 N–H and O–H groups in total. The molecule has 182 valence electrons. The van der Waals surface area contributed by atoms with Gasteiger partial charge in [-0.05, 0) is 69.0 Å². The molecule has 0 unspecified atom stereocenters. The van der Waals surface area contributed by atoms with Gasteiger partial charge in [-0.1, -0.05) is 6.07 Å². The van der Waals surface area contributed by atoms with Gasteiger partial charge in [-0.15, -0.1) is 10.2 Å². The molecule has 35 heavy (non-hydrogen) atoms. The van der Waals surface area contributed by atoms with Crippen LogP contribution in [-0.2, 0) is 24.1 Å². The Morgan fingerprint density at radius 2 is 2.00 bits per heavy atom. The molecule has 10 heteroatoms. The van der Waals surface area contributed by atoms with Crippen LogP contribution in [0.1, 0.15) is 60.5 Å². The highest BCUT2D eigenvalue weighted by Gasteiger charge is 2.27. The van der Waals surface area contributed by atoms with Crippen LogP contribution in [0.25, 0.3) is 11.5 Å². The van der Waals surface area contributed by atoms with Crippen LogP contribution in [-0.4, -0.2) is 49.3 Å². The fraction of sp³-hybridized carbons (Fsp3) is 0.400. The second kappa shape index (κ2) is 9.09. The SMILES string of the molecule is CC(C)OC(=O)N1CCc2cc(F)c(C(=O)Nc3cccc(-c4nnc5n4[C@H](C)CC5)n3)cc2C1. The van der Waals surface area contributed by atoms with E-state index in [4.69, 9.17) is 4.74 Å². The number of aromatic nitrogens is 4. The Morgan fingerprint density at radius 1 is 1.17 bits per heavy atom. The number of pyridine rings is 1. The summed E-state index contributed by atoms with van der Waals surface area (Å²) in [7, 11) is 0. The first kappa shape index (κ1) is 22.9. The van der Waals surface area contributed by atoms with Crippen LogP contribution in [0.2, 0.25) is 0 Å². The average molecular weight is 479 g/mol. The van der Waals surface area contributed by atoms with Crippen LogP contribution in [0.4, 0.5) is 15.0 Å². The van der Waals surface area contributed by atoms with Gasteiger partial charge in [0.25, 0.3) is 5.91 Å². The standard InChI is InChI=1S/C25H27FN6O3/c1-14(2)35-25(34)31-10-9-16-12-19(26)18(11-17(16)13-31)24(33)28-21-6-4-5-20(27-21)23-30-29-22-8-7-15(3)32(22)23/h4-6,11-12,14-15H,7-10,13H2,1-3H3,(H,27,28,33)/t15-/m1/s1. The third kappa shape index (κ3) is 4.48. The number of carbonyl (C=O) groups is 2. The third-order valence-electron chi connectivity index (χ3n) is 6.35. The van der Waals surface area contributed by atoms with Crippen molar-refractivity contribution in [3.05, 3.63) is 58.7 Å². The molecule has 0 radical (unpaired) electrons. The number of nitrogens with zero attached hydrogens (tertiary/aromatic N) is 5. The number of ether oxygens (including phenoxy) is 1. The second-order valence-corrected chi connectivity index (χ2v) is 9.26. The molecule has 1 atom stereocenters. The van der Waals surface area contributed by atoms with Crippen molar-refractivity contribution in [1.29, 1.82) is 0 Å². The van der Waals surface area contributed by atoms with Crippen LogP contribution in [0, 0.1) is 5.82 Å². The number of amides is 2. The zero-order valence-electron chi connectivity index (χ0n) is 19.9. The molecule has 1 aromatic carbocycles. The van der Waals surface area contributed by atoms with E-state index in [1.165, 1.54) is 12.1 Å². The summed E-state index contributed by atoms with van der Waals surface area (Å²) in [6.45, 7) is 6.37. The van der Waals surface area contributed by atoms with Gasteiger partial charge in [0.05, 0.1) is 11.7 Å². The van der Waals surface area contributed by atoms with E-state index in [-0.39, 0.29) is 30.1 Å². The van der Waals surface area contributed by atoms with Crippen molar-refractivity contribution < 1.29 is 18.7 Å². The molecule has 5 rings (SSSR count). The first-order valence-corrected chi connectivity index (χ1v) is 11.8. The lowest BCUT2D eigenvalue weighted by Crippen LogP contribution is -2.37. The minimum atomic E-state index is -0.614. The molecule has 0 aliphatic carbocycles. The number of hydrogen-bond donors (Lipinski definition) is 1. The number of benzene rings is 1. The van der Waals surface area contributed by atoms with Gasteiger partial charge in [-0.3, -0.25) is 4.79 Å². The maximum absolute atomic E-state index is 14.8. The fourth-order valence-corrected chi connectivity index (χ4v) is 4.60. The quantitative estimate of drug-likeness (QED) is 0.605. The normalized spacial score (nSPS) is 16.7. The lowest BCUT2D eigenvalue weighted by molar-refractivity contribution is 0.0730. The number of anilines is 1. The molecule has 4 heterocycles. The summed E-state index contributed by atoms with van der Waals surface area (Å²) in [6.07, 6.45) is 1.71. The third-order valence-corrected chi connectivity index (χ3v) is 6.35. The van der Waals surface area contributed by atoms with E-state index < -0.39 is 17.8 Å². The molecular weight excluding hydrogens is 451 g/mol.